The van der Waals surface area contributed by atoms with Crippen molar-refractivity contribution in [1.29, 1.82) is 0 Å². The van der Waals surface area contributed by atoms with Crippen molar-refractivity contribution in [3.8, 4) is 0 Å². The molecule has 4 aliphatic carbocycles. The number of nitrogens with two attached hydrogens (primary N) is 1. The van der Waals surface area contributed by atoms with Gasteiger partial charge in [0, 0.05) is 13.6 Å². The molecule has 108 valence electrons. The predicted molar refractivity (Wildman–Crippen MR) is 84.7 cm³/mol. The average Bonchev–Trinajstić information content (AvgIpc) is 2.36. The van der Waals surface area contributed by atoms with E-state index in [4.69, 9.17) is 5.73 Å². The molecule has 0 aromatic heterocycles. The number of rotatable bonds is 3. The summed E-state index contributed by atoms with van der Waals surface area (Å²) in [5.74, 6) is 3.09. The third-order valence-electron chi connectivity index (χ3n) is 6.09. The fraction of sp³-hybridized carbons (Fsp3) is 0.667. The van der Waals surface area contributed by atoms with Crippen molar-refractivity contribution < 1.29 is 0 Å². The summed E-state index contributed by atoms with van der Waals surface area (Å²) in [6, 6.07) is 8.31. The molecule has 1 aromatic rings. The molecular formula is C18H26N2. The van der Waals surface area contributed by atoms with Crippen molar-refractivity contribution in [2.24, 2.45) is 23.2 Å². The van der Waals surface area contributed by atoms with Crippen molar-refractivity contribution >= 4 is 11.4 Å². The minimum Gasteiger partial charge on any atom is -0.397 e. The second-order valence-corrected chi connectivity index (χ2v) is 7.83. The molecule has 0 aliphatic heterocycles. The van der Waals surface area contributed by atoms with Gasteiger partial charge in [-0.3, -0.25) is 0 Å². The van der Waals surface area contributed by atoms with Gasteiger partial charge >= 0.3 is 0 Å². The summed E-state index contributed by atoms with van der Waals surface area (Å²) < 4.78 is 0. The first kappa shape index (κ1) is 12.6. The lowest BCUT2D eigenvalue weighted by molar-refractivity contribution is -0.0472. The van der Waals surface area contributed by atoms with Gasteiger partial charge in [0.15, 0.2) is 0 Å². The van der Waals surface area contributed by atoms with Crippen molar-refractivity contribution in [1.82, 2.24) is 0 Å². The summed E-state index contributed by atoms with van der Waals surface area (Å²) in [7, 11) is 2.23. The zero-order valence-electron chi connectivity index (χ0n) is 12.5. The fourth-order valence-electron chi connectivity index (χ4n) is 5.91. The third-order valence-corrected chi connectivity index (χ3v) is 6.09. The van der Waals surface area contributed by atoms with Gasteiger partial charge in [0.1, 0.15) is 0 Å². The number of benzene rings is 1. The van der Waals surface area contributed by atoms with E-state index in [1.54, 1.807) is 0 Å². The molecule has 4 fully saturated rings. The molecule has 5 rings (SSSR count). The molecule has 0 unspecified atom stereocenters. The monoisotopic (exact) mass is 270 g/mol. The SMILES string of the molecule is CN(CC12CC3CC(CC(C3)C1)C2)c1ccccc1N. The van der Waals surface area contributed by atoms with Crippen LogP contribution in [0.2, 0.25) is 0 Å². The summed E-state index contributed by atoms with van der Waals surface area (Å²) in [6.45, 7) is 1.20. The Balaban J connectivity index is 1.55. The van der Waals surface area contributed by atoms with Crippen LogP contribution >= 0.6 is 0 Å². The predicted octanol–water partition coefficient (Wildman–Crippen LogP) is 3.92. The summed E-state index contributed by atoms with van der Waals surface area (Å²) in [4.78, 5) is 2.42. The van der Waals surface area contributed by atoms with Gasteiger partial charge in [-0.2, -0.15) is 0 Å². The quantitative estimate of drug-likeness (QED) is 0.843. The van der Waals surface area contributed by atoms with Crippen molar-refractivity contribution in [3.05, 3.63) is 24.3 Å². The average molecular weight is 270 g/mol. The molecule has 2 nitrogen and oxygen atoms in total. The van der Waals surface area contributed by atoms with Crippen LogP contribution in [0.3, 0.4) is 0 Å². The molecule has 20 heavy (non-hydrogen) atoms. The zero-order chi connectivity index (χ0) is 13.7. The van der Waals surface area contributed by atoms with E-state index in [1.165, 1.54) is 50.8 Å². The Bertz CT molecular complexity index is 473. The highest BCUT2D eigenvalue weighted by Gasteiger charge is 2.51. The van der Waals surface area contributed by atoms with Gasteiger partial charge in [-0.05, 0) is 73.8 Å². The Hall–Kier alpha value is -1.18. The van der Waals surface area contributed by atoms with E-state index in [0.29, 0.717) is 5.41 Å². The fourth-order valence-corrected chi connectivity index (χ4v) is 5.91. The summed E-state index contributed by atoms with van der Waals surface area (Å²) in [5.41, 5.74) is 8.86. The Labute approximate surface area is 122 Å². The molecular weight excluding hydrogens is 244 g/mol. The molecule has 0 saturated heterocycles. The molecule has 1 aromatic carbocycles. The second-order valence-electron chi connectivity index (χ2n) is 7.83. The number of para-hydroxylation sites is 2. The minimum absolute atomic E-state index is 0.589. The molecule has 0 amide bonds. The van der Waals surface area contributed by atoms with Crippen LogP contribution < -0.4 is 10.6 Å². The molecule has 0 spiro atoms. The highest BCUT2D eigenvalue weighted by Crippen LogP contribution is 2.60. The van der Waals surface area contributed by atoms with Crippen LogP contribution in [0.25, 0.3) is 0 Å². The van der Waals surface area contributed by atoms with E-state index in [2.05, 4.69) is 24.1 Å². The van der Waals surface area contributed by atoms with E-state index in [-0.39, 0.29) is 0 Å². The van der Waals surface area contributed by atoms with Gasteiger partial charge in [-0.15, -0.1) is 0 Å². The van der Waals surface area contributed by atoms with Crippen molar-refractivity contribution in [2.75, 3.05) is 24.2 Å². The van der Waals surface area contributed by atoms with Gasteiger partial charge in [-0.25, -0.2) is 0 Å². The van der Waals surface area contributed by atoms with Crippen LogP contribution in [0, 0.1) is 23.2 Å². The number of nitrogen functional groups attached to an aromatic ring is 1. The van der Waals surface area contributed by atoms with Crippen LogP contribution in [0.15, 0.2) is 24.3 Å². The van der Waals surface area contributed by atoms with Crippen LogP contribution in [0.4, 0.5) is 11.4 Å². The van der Waals surface area contributed by atoms with Crippen LogP contribution in [-0.4, -0.2) is 13.6 Å². The summed E-state index contributed by atoms with van der Waals surface area (Å²) in [5, 5.41) is 0. The smallest absolute Gasteiger partial charge is 0.0597 e. The van der Waals surface area contributed by atoms with E-state index in [9.17, 15) is 0 Å². The topological polar surface area (TPSA) is 29.3 Å². The normalized spacial score (nSPS) is 38.1. The number of nitrogens with zero attached hydrogens (tertiary/aromatic N) is 1. The molecule has 2 N–H and O–H groups in total. The van der Waals surface area contributed by atoms with E-state index >= 15 is 0 Å². The minimum atomic E-state index is 0.589. The maximum absolute atomic E-state index is 6.15. The first-order valence-electron chi connectivity index (χ1n) is 8.19. The lowest BCUT2D eigenvalue weighted by Gasteiger charge is -2.57. The Morgan fingerprint density at radius 2 is 1.60 bits per heavy atom. The number of anilines is 2. The van der Waals surface area contributed by atoms with Crippen molar-refractivity contribution in [2.45, 2.75) is 38.5 Å². The summed E-state index contributed by atoms with van der Waals surface area (Å²) in [6.07, 6.45) is 8.98. The van der Waals surface area contributed by atoms with Crippen molar-refractivity contribution in [3.63, 3.8) is 0 Å². The molecule has 2 heteroatoms. The Morgan fingerprint density at radius 3 is 2.15 bits per heavy atom. The zero-order valence-corrected chi connectivity index (χ0v) is 12.5. The molecule has 4 saturated carbocycles. The number of hydrogen-bond acceptors (Lipinski definition) is 2. The lowest BCUT2D eigenvalue weighted by atomic mass is 9.49. The first-order chi connectivity index (χ1) is 9.63. The molecule has 4 aliphatic rings. The third kappa shape index (κ3) is 2.01. The highest BCUT2D eigenvalue weighted by atomic mass is 15.1. The molecule has 0 radical (unpaired) electrons. The van der Waals surface area contributed by atoms with Crippen LogP contribution in [0.1, 0.15) is 38.5 Å². The van der Waals surface area contributed by atoms with E-state index in [1.807, 2.05) is 12.1 Å². The second kappa shape index (κ2) is 4.41. The van der Waals surface area contributed by atoms with Crippen LogP contribution in [0.5, 0.6) is 0 Å². The maximum Gasteiger partial charge on any atom is 0.0597 e. The van der Waals surface area contributed by atoms with Gasteiger partial charge in [0.05, 0.1) is 11.4 Å². The largest absolute Gasteiger partial charge is 0.397 e. The molecule has 0 atom stereocenters. The Morgan fingerprint density at radius 1 is 1.05 bits per heavy atom. The molecule has 4 bridgehead atoms. The van der Waals surface area contributed by atoms with Gasteiger partial charge < -0.3 is 10.6 Å². The van der Waals surface area contributed by atoms with E-state index in [0.717, 1.165) is 23.4 Å². The van der Waals surface area contributed by atoms with Gasteiger partial charge in [0.2, 0.25) is 0 Å². The highest BCUT2D eigenvalue weighted by molar-refractivity contribution is 5.66. The maximum atomic E-state index is 6.15. The first-order valence-corrected chi connectivity index (χ1v) is 8.19. The van der Waals surface area contributed by atoms with Crippen LogP contribution in [-0.2, 0) is 0 Å². The van der Waals surface area contributed by atoms with Gasteiger partial charge in [0.25, 0.3) is 0 Å². The van der Waals surface area contributed by atoms with E-state index < -0.39 is 0 Å². The number of hydrogen-bond donors (Lipinski definition) is 1. The molecule has 0 heterocycles. The lowest BCUT2D eigenvalue weighted by Crippen LogP contribution is -2.50. The van der Waals surface area contributed by atoms with Gasteiger partial charge in [-0.1, -0.05) is 12.1 Å². The summed E-state index contributed by atoms with van der Waals surface area (Å²) >= 11 is 0. The standard InChI is InChI=1S/C18H26N2/c1-20(17-5-3-2-4-16(17)19)12-18-9-13-6-14(10-18)8-15(7-13)11-18/h2-5,13-15H,6-12,19H2,1H3. The Kier molecular flexibility index (Phi) is 2.77.